The zero-order valence-corrected chi connectivity index (χ0v) is 12.3. The Kier molecular flexibility index (Phi) is 5.06. The van der Waals surface area contributed by atoms with Crippen molar-refractivity contribution < 1.29 is 4.92 Å². The van der Waals surface area contributed by atoms with Crippen molar-refractivity contribution in [2.75, 3.05) is 0 Å². The number of nitrogens with zero attached hydrogens (tertiary/aromatic N) is 1. The van der Waals surface area contributed by atoms with Crippen molar-refractivity contribution in [3.8, 4) is 0 Å². The second kappa shape index (κ2) is 6.99. The topological polar surface area (TPSA) is 55.2 Å². The highest BCUT2D eigenvalue weighted by molar-refractivity contribution is 5.35. The number of hydrogen-bond donors (Lipinski definition) is 1. The first-order valence-corrected chi connectivity index (χ1v) is 7.17. The van der Waals surface area contributed by atoms with Gasteiger partial charge in [0.1, 0.15) is 0 Å². The molecule has 2 atom stereocenters. The highest BCUT2D eigenvalue weighted by atomic mass is 16.6. The van der Waals surface area contributed by atoms with E-state index in [1.165, 1.54) is 11.6 Å². The van der Waals surface area contributed by atoms with Crippen LogP contribution in [0, 0.1) is 10.1 Å². The summed E-state index contributed by atoms with van der Waals surface area (Å²) in [4.78, 5) is 10.5. The van der Waals surface area contributed by atoms with Gasteiger partial charge in [-0.15, -0.1) is 0 Å². The Morgan fingerprint density at radius 2 is 1.76 bits per heavy atom. The van der Waals surface area contributed by atoms with Gasteiger partial charge in [0.2, 0.25) is 0 Å². The fourth-order valence-electron chi connectivity index (χ4n) is 2.44. The molecule has 0 aliphatic heterocycles. The average molecular weight is 284 g/mol. The molecule has 0 amide bonds. The summed E-state index contributed by atoms with van der Waals surface area (Å²) in [6, 6.07) is 17.3. The molecule has 4 nitrogen and oxygen atoms in total. The largest absolute Gasteiger partial charge is 0.303 e. The number of benzene rings is 2. The number of nitro groups is 1. The van der Waals surface area contributed by atoms with Gasteiger partial charge in [-0.3, -0.25) is 10.1 Å². The minimum absolute atomic E-state index is 0.0510. The second-order valence-electron chi connectivity index (χ2n) is 5.11. The fourth-order valence-corrected chi connectivity index (χ4v) is 2.44. The summed E-state index contributed by atoms with van der Waals surface area (Å²) in [5.41, 5.74) is 2.30. The summed E-state index contributed by atoms with van der Waals surface area (Å²) in [6.07, 6.45) is 0.962. The molecule has 0 radical (unpaired) electrons. The Labute approximate surface area is 125 Å². The van der Waals surface area contributed by atoms with Gasteiger partial charge in [-0.2, -0.15) is 0 Å². The quantitative estimate of drug-likeness (QED) is 0.632. The third-order valence-corrected chi connectivity index (χ3v) is 3.64. The molecule has 0 aliphatic rings. The van der Waals surface area contributed by atoms with Crippen LogP contribution in [0.3, 0.4) is 0 Å². The van der Waals surface area contributed by atoms with Gasteiger partial charge in [0.15, 0.2) is 0 Å². The van der Waals surface area contributed by atoms with Gasteiger partial charge in [-0.05, 0) is 24.5 Å². The van der Waals surface area contributed by atoms with Crippen molar-refractivity contribution in [1.82, 2.24) is 5.32 Å². The van der Waals surface area contributed by atoms with Crippen LogP contribution in [0.2, 0.25) is 0 Å². The van der Waals surface area contributed by atoms with Gasteiger partial charge in [0, 0.05) is 24.2 Å². The van der Waals surface area contributed by atoms with Crippen molar-refractivity contribution in [2.24, 2.45) is 0 Å². The van der Waals surface area contributed by atoms with Crippen LogP contribution in [0.4, 0.5) is 5.69 Å². The Balaban J connectivity index is 2.14. The Hall–Kier alpha value is -2.20. The van der Waals surface area contributed by atoms with E-state index in [-0.39, 0.29) is 22.7 Å². The molecule has 0 saturated heterocycles. The van der Waals surface area contributed by atoms with E-state index in [0.29, 0.717) is 0 Å². The summed E-state index contributed by atoms with van der Waals surface area (Å²) < 4.78 is 0. The maximum Gasteiger partial charge on any atom is 0.269 e. The normalized spacial score (nSPS) is 13.6. The molecule has 0 saturated carbocycles. The summed E-state index contributed by atoms with van der Waals surface area (Å²) in [5, 5.41) is 14.4. The minimum atomic E-state index is -0.356. The van der Waals surface area contributed by atoms with Crippen LogP contribution in [0.25, 0.3) is 0 Å². The van der Waals surface area contributed by atoms with Gasteiger partial charge in [-0.25, -0.2) is 0 Å². The standard InChI is InChI=1S/C17H20N2O2/c1-3-17(14-8-5-4-6-9-14)18-13(2)15-10-7-11-16(12-15)19(20)21/h4-13,17-18H,3H2,1-2H3. The molecule has 0 bridgehead atoms. The van der Waals surface area contributed by atoms with Gasteiger partial charge in [0.25, 0.3) is 5.69 Å². The molecule has 0 aromatic heterocycles. The van der Waals surface area contributed by atoms with E-state index in [1.54, 1.807) is 12.1 Å². The summed E-state index contributed by atoms with van der Waals surface area (Å²) in [7, 11) is 0. The third-order valence-electron chi connectivity index (χ3n) is 3.64. The molecule has 2 unspecified atom stereocenters. The van der Waals surface area contributed by atoms with Gasteiger partial charge in [0.05, 0.1) is 4.92 Å². The predicted molar refractivity (Wildman–Crippen MR) is 84.1 cm³/mol. The zero-order chi connectivity index (χ0) is 15.2. The Morgan fingerprint density at radius 3 is 2.38 bits per heavy atom. The lowest BCUT2D eigenvalue weighted by molar-refractivity contribution is -0.384. The molecule has 110 valence electrons. The third kappa shape index (κ3) is 3.89. The maximum atomic E-state index is 10.9. The molecule has 0 heterocycles. The highest BCUT2D eigenvalue weighted by Crippen LogP contribution is 2.24. The number of nitro benzene ring substituents is 1. The molecule has 4 heteroatoms. The van der Waals surface area contributed by atoms with Gasteiger partial charge < -0.3 is 5.32 Å². The number of hydrogen-bond acceptors (Lipinski definition) is 3. The van der Waals surface area contributed by atoms with Crippen molar-refractivity contribution >= 4 is 5.69 Å². The van der Waals surface area contributed by atoms with E-state index in [4.69, 9.17) is 0 Å². The molecular weight excluding hydrogens is 264 g/mol. The highest BCUT2D eigenvalue weighted by Gasteiger charge is 2.15. The summed E-state index contributed by atoms with van der Waals surface area (Å²) >= 11 is 0. The lowest BCUT2D eigenvalue weighted by Gasteiger charge is -2.23. The number of rotatable bonds is 6. The molecule has 2 aromatic carbocycles. The number of non-ortho nitro benzene ring substituents is 1. The maximum absolute atomic E-state index is 10.9. The van der Waals surface area contributed by atoms with Crippen molar-refractivity contribution in [1.29, 1.82) is 0 Å². The molecule has 2 rings (SSSR count). The van der Waals surface area contributed by atoms with Crippen LogP contribution < -0.4 is 5.32 Å². The van der Waals surface area contributed by atoms with E-state index in [9.17, 15) is 10.1 Å². The van der Waals surface area contributed by atoms with Gasteiger partial charge >= 0.3 is 0 Å². The average Bonchev–Trinajstić information content (AvgIpc) is 2.53. The van der Waals surface area contributed by atoms with E-state index in [2.05, 4.69) is 24.4 Å². The monoisotopic (exact) mass is 284 g/mol. The van der Waals surface area contributed by atoms with Crippen molar-refractivity contribution in [3.63, 3.8) is 0 Å². The molecule has 1 N–H and O–H groups in total. The van der Waals surface area contributed by atoms with Crippen LogP contribution in [0.5, 0.6) is 0 Å². The van der Waals surface area contributed by atoms with Crippen LogP contribution in [0.1, 0.15) is 43.5 Å². The van der Waals surface area contributed by atoms with Crippen LogP contribution in [-0.4, -0.2) is 4.92 Å². The van der Waals surface area contributed by atoms with Crippen LogP contribution in [-0.2, 0) is 0 Å². The first kappa shape index (κ1) is 15.2. The second-order valence-corrected chi connectivity index (χ2v) is 5.11. The Morgan fingerprint density at radius 1 is 1.10 bits per heavy atom. The molecule has 0 spiro atoms. The first-order valence-electron chi connectivity index (χ1n) is 7.17. The first-order chi connectivity index (χ1) is 10.1. The Bertz CT molecular complexity index is 599. The van der Waals surface area contributed by atoms with E-state index >= 15 is 0 Å². The lowest BCUT2D eigenvalue weighted by Crippen LogP contribution is -2.24. The number of nitrogens with one attached hydrogen (secondary N) is 1. The summed E-state index contributed by atoms with van der Waals surface area (Å²) in [5.74, 6) is 0. The van der Waals surface area contributed by atoms with Crippen molar-refractivity contribution in [3.05, 3.63) is 75.8 Å². The van der Waals surface area contributed by atoms with E-state index in [1.807, 2.05) is 31.2 Å². The SMILES string of the molecule is CCC(NC(C)c1cccc([N+](=O)[O-])c1)c1ccccc1. The smallest absolute Gasteiger partial charge is 0.269 e. The molecular formula is C17H20N2O2. The lowest BCUT2D eigenvalue weighted by atomic mass is 10.0. The van der Waals surface area contributed by atoms with Gasteiger partial charge in [-0.1, -0.05) is 49.4 Å². The predicted octanol–water partition coefficient (Wildman–Crippen LogP) is 4.40. The molecule has 0 fully saturated rings. The molecule has 2 aromatic rings. The van der Waals surface area contributed by atoms with E-state index < -0.39 is 0 Å². The van der Waals surface area contributed by atoms with Crippen molar-refractivity contribution in [2.45, 2.75) is 32.4 Å². The summed E-state index contributed by atoms with van der Waals surface area (Å²) in [6.45, 7) is 4.16. The minimum Gasteiger partial charge on any atom is -0.303 e. The molecule has 0 aliphatic carbocycles. The van der Waals surface area contributed by atoms with Crippen LogP contribution in [0.15, 0.2) is 54.6 Å². The van der Waals surface area contributed by atoms with Crippen LogP contribution >= 0.6 is 0 Å². The fraction of sp³-hybridized carbons (Fsp3) is 0.294. The molecule has 21 heavy (non-hydrogen) atoms. The zero-order valence-electron chi connectivity index (χ0n) is 12.3. The van der Waals surface area contributed by atoms with E-state index in [0.717, 1.165) is 12.0 Å².